The molecule has 5 nitrogen and oxygen atoms in total. The Morgan fingerprint density at radius 1 is 1.62 bits per heavy atom. The van der Waals surface area contributed by atoms with Gasteiger partial charge < -0.3 is 10.3 Å². The van der Waals surface area contributed by atoms with Crippen molar-refractivity contribution in [3.05, 3.63) is 23.9 Å². The van der Waals surface area contributed by atoms with E-state index in [9.17, 15) is 4.79 Å². The molecule has 1 aromatic heterocycles. The zero-order valence-electron chi connectivity index (χ0n) is 9.31. The molecule has 16 heavy (non-hydrogen) atoms. The van der Waals surface area contributed by atoms with Crippen LogP contribution < -0.4 is 11.3 Å². The summed E-state index contributed by atoms with van der Waals surface area (Å²) < 4.78 is 0. The standard InChI is InChI=1S/C11H16N4O/c1-2-15(9-4-5-9)11(16)8-3-6-10(14-12)13-7-8/h3,6-7,9H,2,4-5,12H2,1H3,(H,13,14). The number of carbonyl (C=O) groups excluding carboxylic acids is 1. The van der Waals surface area contributed by atoms with E-state index in [1.807, 2.05) is 11.8 Å². The quantitative estimate of drug-likeness (QED) is 0.586. The number of nitrogens with two attached hydrogens (primary N) is 1. The Bertz CT molecular complexity index is 372. The van der Waals surface area contributed by atoms with E-state index in [-0.39, 0.29) is 5.91 Å². The van der Waals surface area contributed by atoms with Crippen molar-refractivity contribution in [3.63, 3.8) is 0 Å². The molecule has 0 atom stereocenters. The number of anilines is 1. The van der Waals surface area contributed by atoms with Gasteiger partial charge in [0.05, 0.1) is 5.56 Å². The van der Waals surface area contributed by atoms with Gasteiger partial charge in [0, 0.05) is 18.8 Å². The number of carbonyl (C=O) groups is 1. The van der Waals surface area contributed by atoms with E-state index in [0.29, 0.717) is 17.4 Å². The Balaban J connectivity index is 2.12. The van der Waals surface area contributed by atoms with Crippen molar-refractivity contribution in [2.75, 3.05) is 12.0 Å². The molecule has 3 N–H and O–H groups in total. The first kappa shape index (κ1) is 10.9. The van der Waals surface area contributed by atoms with Gasteiger partial charge in [-0.05, 0) is 31.9 Å². The summed E-state index contributed by atoms with van der Waals surface area (Å²) >= 11 is 0. The molecule has 0 saturated heterocycles. The molecule has 1 aliphatic carbocycles. The van der Waals surface area contributed by atoms with E-state index >= 15 is 0 Å². The molecule has 1 amide bonds. The van der Waals surface area contributed by atoms with E-state index in [1.54, 1.807) is 18.3 Å². The van der Waals surface area contributed by atoms with Crippen molar-refractivity contribution in [1.29, 1.82) is 0 Å². The molecular formula is C11H16N4O. The summed E-state index contributed by atoms with van der Waals surface area (Å²) in [6, 6.07) is 3.88. The van der Waals surface area contributed by atoms with Crippen LogP contribution in [0.25, 0.3) is 0 Å². The first-order valence-corrected chi connectivity index (χ1v) is 5.50. The van der Waals surface area contributed by atoms with E-state index in [0.717, 1.165) is 19.4 Å². The highest BCUT2D eigenvalue weighted by atomic mass is 16.2. The third kappa shape index (κ3) is 2.14. The monoisotopic (exact) mass is 220 g/mol. The Morgan fingerprint density at radius 3 is 2.81 bits per heavy atom. The van der Waals surface area contributed by atoms with E-state index in [4.69, 9.17) is 5.84 Å². The second-order valence-electron chi connectivity index (χ2n) is 3.90. The van der Waals surface area contributed by atoms with Crippen molar-refractivity contribution >= 4 is 11.7 Å². The molecule has 0 aliphatic heterocycles. The van der Waals surface area contributed by atoms with Crippen LogP contribution in [0, 0.1) is 0 Å². The molecule has 1 fully saturated rings. The highest BCUT2D eigenvalue weighted by Crippen LogP contribution is 2.27. The summed E-state index contributed by atoms with van der Waals surface area (Å²) in [7, 11) is 0. The zero-order valence-corrected chi connectivity index (χ0v) is 9.31. The fourth-order valence-electron chi connectivity index (χ4n) is 1.73. The van der Waals surface area contributed by atoms with Gasteiger partial charge in [0.15, 0.2) is 0 Å². The third-order valence-electron chi connectivity index (χ3n) is 2.75. The number of amides is 1. The zero-order chi connectivity index (χ0) is 11.5. The maximum absolute atomic E-state index is 12.1. The minimum Gasteiger partial charge on any atom is -0.336 e. The van der Waals surface area contributed by atoms with Gasteiger partial charge in [-0.3, -0.25) is 4.79 Å². The minimum atomic E-state index is 0.0565. The summed E-state index contributed by atoms with van der Waals surface area (Å²) in [5, 5.41) is 0. The smallest absolute Gasteiger partial charge is 0.255 e. The molecule has 0 unspecified atom stereocenters. The summed E-state index contributed by atoms with van der Waals surface area (Å²) in [6.45, 7) is 2.75. The third-order valence-corrected chi connectivity index (χ3v) is 2.75. The second kappa shape index (κ2) is 4.49. The van der Waals surface area contributed by atoms with Crippen LogP contribution in [0.4, 0.5) is 5.82 Å². The van der Waals surface area contributed by atoms with Crippen LogP contribution in [-0.4, -0.2) is 28.4 Å². The maximum Gasteiger partial charge on any atom is 0.255 e. The number of aromatic nitrogens is 1. The lowest BCUT2D eigenvalue weighted by molar-refractivity contribution is 0.0752. The molecular weight excluding hydrogens is 204 g/mol. The predicted molar refractivity (Wildman–Crippen MR) is 61.8 cm³/mol. The lowest BCUT2D eigenvalue weighted by Gasteiger charge is -2.20. The lowest BCUT2D eigenvalue weighted by Crippen LogP contribution is -2.32. The highest BCUT2D eigenvalue weighted by Gasteiger charge is 2.31. The molecule has 1 heterocycles. The van der Waals surface area contributed by atoms with Gasteiger partial charge in [-0.25, -0.2) is 10.8 Å². The highest BCUT2D eigenvalue weighted by molar-refractivity contribution is 5.94. The number of nitrogens with zero attached hydrogens (tertiary/aromatic N) is 2. The number of pyridine rings is 1. The first-order valence-electron chi connectivity index (χ1n) is 5.50. The van der Waals surface area contributed by atoms with E-state index < -0.39 is 0 Å². The minimum absolute atomic E-state index is 0.0565. The fraction of sp³-hybridized carbons (Fsp3) is 0.455. The van der Waals surface area contributed by atoms with Gasteiger partial charge in [0.2, 0.25) is 0 Å². The largest absolute Gasteiger partial charge is 0.336 e. The van der Waals surface area contributed by atoms with Crippen LogP contribution in [0.3, 0.4) is 0 Å². The van der Waals surface area contributed by atoms with Crippen LogP contribution in [0.1, 0.15) is 30.1 Å². The SMILES string of the molecule is CCN(C(=O)c1ccc(NN)nc1)C1CC1. The number of nitrogen functional groups attached to an aromatic ring is 1. The van der Waals surface area contributed by atoms with Gasteiger partial charge in [-0.1, -0.05) is 0 Å². The van der Waals surface area contributed by atoms with Gasteiger partial charge in [0.1, 0.15) is 5.82 Å². The van der Waals surface area contributed by atoms with Crippen LogP contribution in [0.15, 0.2) is 18.3 Å². The van der Waals surface area contributed by atoms with E-state index in [1.165, 1.54) is 0 Å². The molecule has 0 aromatic carbocycles. The van der Waals surface area contributed by atoms with Gasteiger partial charge >= 0.3 is 0 Å². The van der Waals surface area contributed by atoms with Crippen LogP contribution in [-0.2, 0) is 0 Å². The van der Waals surface area contributed by atoms with Crippen molar-refractivity contribution in [2.45, 2.75) is 25.8 Å². The van der Waals surface area contributed by atoms with Gasteiger partial charge in [-0.2, -0.15) is 0 Å². The molecule has 0 radical (unpaired) electrons. The van der Waals surface area contributed by atoms with Crippen molar-refractivity contribution in [3.8, 4) is 0 Å². The Kier molecular flexibility index (Phi) is 3.05. The molecule has 0 bridgehead atoms. The van der Waals surface area contributed by atoms with E-state index in [2.05, 4.69) is 10.4 Å². The first-order chi connectivity index (χ1) is 7.76. The molecule has 1 aromatic rings. The Morgan fingerprint density at radius 2 is 2.38 bits per heavy atom. The average Bonchev–Trinajstić information content (AvgIpc) is 3.14. The van der Waals surface area contributed by atoms with Gasteiger partial charge in [0.25, 0.3) is 5.91 Å². The van der Waals surface area contributed by atoms with Gasteiger partial charge in [-0.15, -0.1) is 0 Å². The summed E-state index contributed by atoms with van der Waals surface area (Å²) in [5.74, 6) is 5.83. The normalized spacial score (nSPS) is 14.6. The number of nitrogens with one attached hydrogen (secondary N) is 1. The molecule has 2 rings (SSSR count). The Labute approximate surface area is 94.6 Å². The van der Waals surface area contributed by atoms with Crippen molar-refractivity contribution < 1.29 is 4.79 Å². The molecule has 0 spiro atoms. The molecule has 1 saturated carbocycles. The molecule has 86 valence electrons. The molecule has 1 aliphatic rings. The Hall–Kier alpha value is -1.62. The number of hydrogen-bond donors (Lipinski definition) is 2. The number of rotatable bonds is 4. The summed E-state index contributed by atoms with van der Waals surface area (Å²) in [4.78, 5) is 18.0. The topological polar surface area (TPSA) is 71.2 Å². The van der Waals surface area contributed by atoms with Crippen LogP contribution >= 0.6 is 0 Å². The molecule has 5 heteroatoms. The van der Waals surface area contributed by atoms with Crippen LogP contribution in [0.5, 0.6) is 0 Å². The summed E-state index contributed by atoms with van der Waals surface area (Å²) in [5.41, 5.74) is 3.05. The van der Waals surface area contributed by atoms with Crippen molar-refractivity contribution in [2.24, 2.45) is 5.84 Å². The fourth-order valence-corrected chi connectivity index (χ4v) is 1.73. The lowest BCUT2D eigenvalue weighted by atomic mass is 10.2. The van der Waals surface area contributed by atoms with Crippen LogP contribution in [0.2, 0.25) is 0 Å². The second-order valence-corrected chi connectivity index (χ2v) is 3.90. The number of hydrogen-bond acceptors (Lipinski definition) is 4. The maximum atomic E-state index is 12.1. The summed E-state index contributed by atoms with van der Waals surface area (Å²) in [6.07, 6.45) is 3.80. The average molecular weight is 220 g/mol. The number of hydrazine groups is 1. The van der Waals surface area contributed by atoms with Crippen molar-refractivity contribution in [1.82, 2.24) is 9.88 Å². The predicted octanol–water partition coefficient (Wildman–Crippen LogP) is 0.992.